The van der Waals surface area contributed by atoms with Crippen molar-refractivity contribution in [2.24, 2.45) is 5.10 Å². The summed E-state index contributed by atoms with van der Waals surface area (Å²) in [6.07, 6.45) is 2.92. The summed E-state index contributed by atoms with van der Waals surface area (Å²) in [5, 5.41) is 18.6. The van der Waals surface area contributed by atoms with E-state index in [0.29, 0.717) is 17.3 Å². The van der Waals surface area contributed by atoms with E-state index in [2.05, 4.69) is 31.6 Å². The van der Waals surface area contributed by atoms with E-state index in [1.807, 2.05) is 0 Å². The van der Waals surface area contributed by atoms with Gasteiger partial charge in [0.25, 0.3) is 0 Å². The van der Waals surface area contributed by atoms with Gasteiger partial charge in [-0.1, -0.05) is 0 Å². The number of carbonyl (C=O) groups is 1. The van der Waals surface area contributed by atoms with Crippen LogP contribution in [0.5, 0.6) is 11.5 Å². The van der Waals surface area contributed by atoms with Gasteiger partial charge in [-0.3, -0.25) is 4.79 Å². The van der Waals surface area contributed by atoms with Crippen molar-refractivity contribution in [1.29, 1.82) is 0 Å². The molecule has 4 rings (SSSR count). The second-order valence-corrected chi connectivity index (χ2v) is 6.69. The molecule has 1 N–H and O–H groups in total. The fourth-order valence-electron chi connectivity index (χ4n) is 2.55. The van der Waals surface area contributed by atoms with Crippen LogP contribution in [0.15, 0.2) is 50.5 Å². The lowest BCUT2D eigenvalue weighted by molar-refractivity contribution is -0.390. The molecule has 11 nitrogen and oxygen atoms in total. The third kappa shape index (κ3) is 4.11. The van der Waals surface area contributed by atoms with E-state index >= 15 is 0 Å². The lowest BCUT2D eigenvalue weighted by atomic mass is 10.2. The molecule has 0 saturated carbocycles. The molecule has 0 saturated heterocycles. The minimum atomic E-state index is -0.597. The van der Waals surface area contributed by atoms with E-state index in [0.717, 1.165) is 5.56 Å². The summed E-state index contributed by atoms with van der Waals surface area (Å²) in [6, 6.07) is 8.33. The molecule has 0 unspecified atom stereocenters. The highest BCUT2D eigenvalue weighted by atomic mass is 79.9. The molecular formula is C17H12BrN5O6. The molecule has 1 aliphatic heterocycles. The van der Waals surface area contributed by atoms with Gasteiger partial charge in [0.2, 0.25) is 6.79 Å². The first-order valence-electron chi connectivity index (χ1n) is 8.19. The van der Waals surface area contributed by atoms with Crippen LogP contribution in [0.2, 0.25) is 0 Å². The van der Waals surface area contributed by atoms with E-state index in [9.17, 15) is 14.9 Å². The third-order valence-electron chi connectivity index (χ3n) is 3.85. The fraction of sp³-hybridized carbons (Fsp3) is 0.118. The lowest BCUT2D eigenvalue weighted by Crippen LogP contribution is -2.16. The van der Waals surface area contributed by atoms with Crippen LogP contribution in [0.4, 0.5) is 5.82 Å². The monoisotopic (exact) mass is 461 g/mol. The minimum absolute atomic E-state index is 0.0450. The molecule has 3 heterocycles. The number of aromatic nitrogens is 2. The first-order valence-corrected chi connectivity index (χ1v) is 8.98. The Morgan fingerprint density at radius 1 is 1.34 bits per heavy atom. The number of hydrazone groups is 1. The van der Waals surface area contributed by atoms with Crippen molar-refractivity contribution in [2.75, 3.05) is 6.79 Å². The Labute approximate surface area is 171 Å². The van der Waals surface area contributed by atoms with E-state index in [-0.39, 0.29) is 29.4 Å². The highest BCUT2D eigenvalue weighted by Crippen LogP contribution is 2.32. The second-order valence-electron chi connectivity index (χ2n) is 5.83. The van der Waals surface area contributed by atoms with Crippen LogP contribution in [0.3, 0.4) is 0 Å². The molecule has 0 aliphatic carbocycles. The van der Waals surface area contributed by atoms with Crippen molar-refractivity contribution in [3.05, 3.63) is 68.2 Å². The molecule has 148 valence electrons. The number of halogens is 1. The van der Waals surface area contributed by atoms with Gasteiger partial charge in [0.15, 0.2) is 17.3 Å². The molecule has 3 aromatic rings. The molecule has 1 aliphatic rings. The van der Waals surface area contributed by atoms with Gasteiger partial charge < -0.3 is 24.0 Å². The number of ether oxygens (including phenoxy) is 2. The summed E-state index contributed by atoms with van der Waals surface area (Å²) >= 11 is 3.07. The number of nitrogens with zero attached hydrogens (tertiary/aromatic N) is 4. The average molecular weight is 462 g/mol. The highest BCUT2D eigenvalue weighted by Gasteiger charge is 2.20. The summed E-state index contributed by atoms with van der Waals surface area (Å²) in [4.78, 5) is 22.4. The molecular weight excluding hydrogens is 450 g/mol. The molecule has 29 heavy (non-hydrogen) atoms. The first kappa shape index (κ1) is 18.7. The van der Waals surface area contributed by atoms with Crippen molar-refractivity contribution >= 4 is 33.9 Å². The van der Waals surface area contributed by atoms with Gasteiger partial charge in [-0.15, -0.1) is 0 Å². The quantitative estimate of drug-likeness (QED) is 0.338. The number of fused-ring (bicyclic) bond motifs is 1. The van der Waals surface area contributed by atoms with E-state index in [4.69, 9.17) is 13.9 Å². The molecule has 0 atom stereocenters. The number of furan rings is 1. The average Bonchev–Trinajstić information content (AvgIpc) is 3.41. The zero-order chi connectivity index (χ0) is 20.4. The number of hydrogen-bond donors (Lipinski definition) is 1. The van der Waals surface area contributed by atoms with Crippen LogP contribution in [0.25, 0.3) is 0 Å². The molecule has 0 spiro atoms. The predicted octanol–water partition coefficient (Wildman–Crippen LogP) is 2.69. The van der Waals surface area contributed by atoms with Crippen LogP contribution in [-0.4, -0.2) is 33.6 Å². The van der Waals surface area contributed by atoms with Crippen LogP contribution in [-0.2, 0) is 6.54 Å². The summed E-state index contributed by atoms with van der Waals surface area (Å²) in [5.41, 5.74) is 3.09. The van der Waals surface area contributed by atoms with Gasteiger partial charge >= 0.3 is 11.7 Å². The molecule has 2 aromatic heterocycles. The standard InChI is InChI=1S/C17H12BrN5O6/c18-12-8-22(21-16(12)23(25)26)7-11-2-4-14(29-11)17(24)20-19-6-10-1-3-13-15(5-10)28-9-27-13/h1-6,8H,7,9H2,(H,20,24)/b19-6-. The van der Waals surface area contributed by atoms with E-state index in [1.54, 1.807) is 24.3 Å². The summed E-state index contributed by atoms with van der Waals surface area (Å²) < 4.78 is 17.5. The number of nitrogens with one attached hydrogen (secondary N) is 1. The van der Waals surface area contributed by atoms with Crippen molar-refractivity contribution in [3.63, 3.8) is 0 Å². The predicted molar refractivity (Wildman–Crippen MR) is 102 cm³/mol. The SMILES string of the molecule is O=C(N/N=C\c1ccc2c(c1)OCO2)c1ccc(Cn2cc(Br)c([N+](=O)[O-])n2)o1. The van der Waals surface area contributed by atoms with Crippen LogP contribution < -0.4 is 14.9 Å². The van der Waals surface area contributed by atoms with Crippen molar-refractivity contribution in [3.8, 4) is 11.5 Å². The highest BCUT2D eigenvalue weighted by molar-refractivity contribution is 9.10. The normalized spacial score (nSPS) is 12.4. The number of benzene rings is 1. The summed E-state index contributed by atoms with van der Waals surface area (Å²) in [7, 11) is 0. The Balaban J connectivity index is 1.37. The number of rotatable bonds is 6. The Morgan fingerprint density at radius 3 is 2.97 bits per heavy atom. The Hall–Kier alpha value is -3.67. The fourth-order valence-corrected chi connectivity index (χ4v) is 3.01. The lowest BCUT2D eigenvalue weighted by Gasteiger charge is -1.98. The Bertz CT molecular complexity index is 1120. The van der Waals surface area contributed by atoms with Gasteiger partial charge in [-0.25, -0.2) is 5.43 Å². The summed E-state index contributed by atoms with van der Waals surface area (Å²) in [5.74, 6) is 0.877. The van der Waals surface area contributed by atoms with E-state index < -0.39 is 10.8 Å². The minimum Gasteiger partial charge on any atom is -0.454 e. The van der Waals surface area contributed by atoms with Gasteiger partial charge in [0.05, 0.1) is 17.5 Å². The van der Waals surface area contributed by atoms with Crippen LogP contribution in [0.1, 0.15) is 21.9 Å². The second kappa shape index (κ2) is 7.75. The Morgan fingerprint density at radius 2 is 2.17 bits per heavy atom. The van der Waals surface area contributed by atoms with Crippen molar-refractivity contribution in [1.82, 2.24) is 15.2 Å². The maximum absolute atomic E-state index is 12.2. The number of hydrogen-bond acceptors (Lipinski definition) is 8. The van der Waals surface area contributed by atoms with Gasteiger partial charge in [-0.2, -0.15) is 9.78 Å². The first-order chi connectivity index (χ1) is 14.0. The zero-order valence-corrected chi connectivity index (χ0v) is 16.2. The number of nitro groups is 1. The maximum atomic E-state index is 12.2. The van der Waals surface area contributed by atoms with Gasteiger partial charge in [0, 0.05) is 0 Å². The zero-order valence-electron chi connectivity index (χ0n) is 14.6. The van der Waals surface area contributed by atoms with Crippen LogP contribution >= 0.6 is 15.9 Å². The van der Waals surface area contributed by atoms with Crippen molar-refractivity contribution < 1.29 is 23.6 Å². The van der Waals surface area contributed by atoms with Gasteiger partial charge in [0.1, 0.15) is 16.8 Å². The molecule has 0 bridgehead atoms. The third-order valence-corrected chi connectivity index (χ3v) is 4.41. The maximum Gasteiger partial charge on any atom is 0.404 e. The molecule has 1 aromatic carbocycles. The molecule has 12 heteroatoms. The van der Waals surface area contributed by atoms with Crippen LogP contribution in [0, 0.1) is 10.1 Å². The topological polar surface area (TPSA) is 134 Å². The number of carbonyl (C=O) groups excluding carboxylic acids is 1. The molecule has 1 amide bonds. The smallest absolute Gasteiger partial charge is 0.404 e. The molecule has 0 radical (unpaired) electrons. The Kier molecular flexibility index (Phi) is 4.99. The van der Waals surface area contributed by atoms with Gasteiger partial charge in [-0.05, 0) is 56.7 Å². The van der Waals surface area contributed by atoms with E-state index in [1.165, 1.54) is 23.2 Å². The number of amides is 1. The summed E-state index contributed by atoms with van der Waals surface area (Å²) in [6.45, 7) is 0.302. The molecule has 0 fully saturated rings. The van der Waals surface area contributed by atoms with Crippen molar-refractivity contribution in [2.45, 2.75) is 6.54 Å². The largest absolute Gasteiger partial charge is 0.454 e.